The van der Waals surface area contributed by atoms with Gasteiger partial charge in [-0.2, -0.15) is 0 Å². The Balaban J connectivity index is 1.56. The number of hydrogen-bond donors (Lipinski definition) is 3. The lowest BCUT2D eigenvalue weighted by atomic mass is 10.1. The highest BCUT2D eigenvalue weighted by molar-refractivity contribution is 6.04. The molecule has 0 heterocycles. The second-order valence-corrected chi connectivity index (χ2v) is 6.03. The molecule has 1 fully saturated rings. The van der Waals surface area contributed by atoms with Crippen LogP contribution in [0.3, 0.4) is 0 Å². The van der Waals surface area contributed by atoms with Gasteiger partial charge in [0.25, 0.3) is 5.91 Å². The molecule has 6 heteroatoms. The molecule has 0 aromatic heterocycles. The third-order valence-electron chi connectivity index (χ3n) is 4.02. The zero-order chi connectivity index (χ0) is 17.8. The van der Waals surface area contributed by atoms with E-state index < -0.39 is 5.97 Å². The first-order valence-electron chi connectivity index (χ1n) is 8.04. The van der Waals surface area contributed by atoms with Crippen molar-refractivity contribution >= 4 is 23.5 Å². The number of aromatic carboxylic acids is 1. The standard InChI is InChI=1S/C19H18N2O4/c22-17(13-5-6-13)20-11-12-1-3-14(4-2-12)18(23)21-16-9-7-15(8-10-16)19(24)25/h1-4,7-10,13H,5-6,11H2,(H,20,22)(H,21,23)(H,24,25). The Bertz CT molecular complexity index is 793. The molecular weight excluding hydrogens is 320 g/mol. The minimum Gasteiger partial charge on any atom is -0.478 e. The van der Waals surface area contributed by atoms with Gasteiger partial charge < -0.3 is 15.7 Å². The molecule has 128 valence electrons. The summed E-state index contributed by atoms with van der Waals surface area (Å²) in [4.78, 5) is 34.6. The van der Waals surface area contributed by atoms with Crippen LogP contribution in [-0.4, -0.2) is 22.9 Å². The van der Waals surface area contributed by atoms with Crippen molar-refractivity contribution in [2.75, 3.05) is 5.32 Å². The summed E-state index contributed by atoms with van der Waals surface area (Å²) in [6.07, 6.45) is 1.94. The Morgan fingerprint density at radius 1 is 0.920 bits per heavy atom. The number of hydrogen-bond acceptors (Lipinski definition) is 3. The lowest BCUT2D eigenvalue weighted by molar-refractivity contribution is -0.122. The molecule has 0 bridgehead atoms. The molecule has 3 rings (SSSR count). The average molecular weight is 338 g/mol. The van der Waals surface area contributed by atoms with Gasteiger partial charge in [-0.05, 0) is 54.8 Å². The van der Waals surface area contributed by atoms with Crippen molar-refractivity contribution in [1.29, 1.82) is 0 Å². The molecule has 6 nitrogen and oxygen atoms in total. The number of benzene rings is 2. The number of carboxylic acids is 1. The van der Waals surface area contributed by atoms with E-state index in [0.717, 1.165) is 18.4 Å². The largest absolute Gasteiger partial charge is 0.478 e. The molecule has 0 spiro atoms. The summed E-state index contributed by atoms with van der Waals surface area (Å²) in [5, 5.41) is 14.5. The Hall–Kier alpha value is -3.15. The average Bonchev–Trinajstić information content (AvgIpc) is 3.45. The molecule has 0 saturated heterocycles. The molecule has 0 atom stereocenters. The Kier molecular flexibility index (Phi) is 4.79. The topological polar surface area (TPSA) is 95.5 Å². The van der Waals surface area contributed by atoms with E-state index in [-0.39, 0.29) is 23.3 Å². The molecule has 2 amide bonds. The second kappa shape index (κ2) is 7.17. The van der Waals surface area contributed by atoms with Crippen LogP contribution in [0.15, 0.2) is 48.5 Å². The van der Waals surface area contributed by atoms with Gasteiger partial charge >= 0.3 is 5.97 Å². The number of anilines is 1. The van der Waals surface area contributed by atoms with Gasteiger partial charge in [0.05, 0.1) is 5.56 Å². The van der Waals surface area contributed by atoms with Gasteiger partial charge in [-0.3, -0.25) is 9.59 Å². The van der Waals surface area contributed by atoms with E-state index in [9.17, 15) is 14.4 Å². The van der Waals surface area contributed by atoms with Gasteiger partial charge in [-0.25, -0.2) is 4.79 Å². The van der Waals surface area contributed by atoms with Crippen molar-refractivity contribution in [3.63, 3.8) is 0 Å². The highest BCUT2D eigenvalue weighted by Crippen LogP contribution is 2.28. The number of amides is 2. The number of carbonyl (C=O) groups is 3. The summed E-state index contributed by atoms with van der Waals surface area (Å²) >= 11 is 0. The Morgan fingerprint density at radius 3 is 2.08 bits per heavy atom. The first kappa shape index (κ1) is 16.7. The van der Waals surface area contributed by atoms with Crippen LogP contribution in [0.2, 0.25) is 0 Å². The maximum Gasteiger partial charge on any atom is 0.335 e. The second-order valence-electron chi connectivity index (χ2n) is 6.03. The van der Waals surface area contributed by atoms with Gasteiger partial charge in [-0.1, -0.05) is 12.1 Å². The van der Waals surface area contributed by atoms with Crippen molar-refractivity contribution in [1.82, 2.24) is 5.32 Å². The summed E-state index contributed by atoms with van der Waals surface area (Å²) < 4.78 is 0. The molecule has 2 aromatic rings. The van der Waals surface area contributed by atoms with Crippen LogP contribution in [0.5, 0.6) is 0 Å². The van der Waals surface area contributed by atoms with Crippen molar-refractivity contribution in [3.05, 3.63) is 65.2 Å². The van der Waals surface area contributed by atoms with Crippen LogP contribution < -0.4 is 10.6 Å². The first-order valence-corrected chi connectivity index (χ1v) is 8.04. The van der Waals surface area contributed by atoms with Crippen molar-refractivity contribution in [3.8, 4) is 0 Å². The van der Waals surface area contributed by atoms with Crippen LogP contribution in [0.4, 0.5) is 5.69 Å². The summed E-state index contributed by atoms with van der Waals surface area (Å²) in [7, 11) is 0. The van der Waals surface area contributed by atoms with E-state index in [1.54, 1.807) is 36.4 Å². The zero-order valence-corrected chi connectivity index (χ0v) is 13.5. The predicted molar refractivity (Wildman–Crippen MR) is 92.4 cm³/mol. The lowest BCUT2D eigenvalue weighted by Gasteiger charge is -2.07. The van der Waals surface area contributed by atoms with Crippen molar-refractivity contribution in [2.45, 2.75) is 19.4 Å². The molecule has 25 heavy (non-hydrogen) atoms. The van der Waals surface area contributed by atoms with E-state index >= 15 is 0 Å². The molecule has 0 radical (unpaired) electrons. The molecule has 2 aromatic carbocycles. The fourth-order valence-corrected chi connectivity index (χ4v) is 2.35. The van der Waals surface area contributed by atoms with Crippen LogP contribution in [0.1, 0.15) is 39.1 Å². The fourth-order valence-electron chi connectivity index (χ4n) is 2.35. The highest BCUT2D eigenvalue weighted by atomic mass is 16.4. The highest BCUT2D eigenvalue weighted by Gasteiger charge is 2.29. The van der Waals surface area contributed by atoms with Gasteiger partial charge in [0.1, 0.15) is 0 Å². The molecule has 1 aliphatic rings. The number of rotatable bonds is 6. The number of nitrogens with one attached hydrogen (secondary N) is 2. The minimum absolute atomic E-state index is 0.0895. The smallest absolute Gasteiger partial charge is 0.335 e. The zero-order valence-electron chi connectivity index (χ0n) is 13.5. The van der Waals surface area contributed by atoms with Crippen LogP contribution >= 0.6 is 0 Å². The molecule has 1 saturated carbocycles. The molecule has 1 aliphatic carbocycles. The Morgan fingerprint density at radius 2 is 1.52 bits per heavy atom. The maximum atomic E-state index is 12.2. The predicted octanol–water partition coefficient (Wildman–Crippen LogP) is 2.66. The third kappa shape index (κ3) is 4.44. The van der Waals surface area contributed by atoms with Gasteiger partial charge in [0, 0.05) is 23.7 Å². The van der Waals surface area contributed by atoms with Gasteiger partial charge in [0.15, 0.2) is 0 Å². The lowest BCUT2D eigenvalue weighted by Crippen LogP contribution is -2.24. The van der Waals surface area contributed by atoms with Crippen LogP contribution in [0.25, 0.3) is 0 Å². The normalized spacial score (nSPS) is 13.1. The monoisotopic (exact) mass is 338 g/mol. The first-order chi connectivity index (χ1) is 12.0. The van der Waals surface area contributed by atoms with Crippen LogP contribution in [-0.2, 0) is 11.3 Å². The molecule has 3 N–H and O–H groups in total. The summed E-state index contributed by atoms with van der Waals surface area (Å²) in [5.41, 5.74) is 2.10. The summed E-state index contributed by atoms with van der Waals surface area (Å²) in [6, 6.07) is 12.9. The van der Waals surface area contributed by atoms with E-state index in [1.807, 2.05) is 0 Å². The molecular formula is C19H18N2O4. The third-order valence-corrected chi connectivity index (χ3v) is 4.02. The van der Waals surface area contributed by atoms with E-state index in [1.165, 1.54) is 12.1 Å². The quantitative estimate of drug-likeness (QED) is 0.754. The van der Waals surface area contributed by atoms with Gasteiger partial charge in [0.2, 0.25) is 5.91 Å². The SMILES string of the molecule is O=C(O)c1ccc(NC(=O)c2ccc(CNC(=O)C3CC3)cc2)cc1. The molecule has 0 aliphatic heterocycles. The number of carboxylic acid groups (broad SMARTS) is 1. The summed E-state index contributed by atoms with van der Waals surface area (Å²) in [6.45, 7) is 0.452. The van der Waals surface area contributed by atoms with Crippen molar-refractivity contribution in [2.24, 2.45) is 5.92 Å². The molecule has 0 unspecified atom stereocenters. The van der Waals surface area contributed by atoms with E-state index in [2.05, 4.69) is 10.6 Å². The summed E-state index contributed by atoms with van der Waals surface area (Å²) in [5.74, 6) is -1.02. The van der Waals surface area contributed by atoms with E-state index in [0.29, 0.717) is 17.8 Å². The fraction of sp³-hybridized carbons (Fsp3) is 0.211. The van der Waals surface area contributed by atoms with Gasteiger partial charge in [-0.15, -0.1) is 0 Å². The van der Waals surface area contributed by atoms with Crippen molar-refractivity contribution < 1.29 is 19.5 Å². The maximum absolute atomic E-state index is 12.2. The number of carbonyl (C=O) groups excluding carboxylic acids is 2. The minimum atomic E-state index is -1.01. The Labute approximate surface area is 144 Å². The van der Waals surface area contributed by atoms with E-state index in [4.69, 9.17) is 5.11 Å². The van der Waals surface area contributed by atoms with Crippen LogP contribution in [0, 0.1) is 5.92 Å².